The molecule has 0 saturated heterocycles. The zero-order valence-corrected chi connectivity index (χ0v) is 23.6. The van der Waals surface area contributed by atoms with Crippen LogP contribution in [0, 0.1) is 5.41 Å². The van der Waals surface area contributed by atoms with Crippen LogP contribution < -0.4 is 0 Å². The van der Waals surface area contributed by atoms with Crippen LogP contribution in [0.4, 0.5) is 0 Å². The fourth-order valence-corrected chi connectivity index (χ4v) is 6.38. The van der Waals surface area contributed by atoms with Crippen LogP contribution in [0.5, 0.6) is 0 Å². The Morgan fingerprint density at radius 1 is 1.05 bits per heavy atom. The molecule has 206 valence electrons. The van der Waals surface area contributed by atoms with E-state index in [1.54, 1.807) is 23.7 Å². The molecule has 0 unspecified atom stereocenters. The largest absolute Gasteiger partial charge is 0.493 e. The van der Waals surface area contributed by atoms with E-state index in [1.165, 1.54) is 5.57 Å². The number of ether oxygens (including phenoxy) is 1. The molecule has 2 aliphatic rings. The van der Waals surface area contributed by atoms with Crippen molar-refractivity contribution in [2.45, 2.75) is 64.9 Å². The monoisotopic (exact) mass is 554 g/mol. The first kappa shape index (κ1) is 27.7. The zero-order valence-electron chi connectivity index (χ0n) is 22.8. The second-order valence-electron chi connectivity index (χ2n) is 10.8. The van der Waals surface area contributed by atoms with Crippen LogP contribution in [0.3, 0.4) is 0 Å². The van der Waals surface area contributed by atoms with Gasteiger partial charge in [0.2, 0.25) is 0 Å². The highest BCUT2D eigenvalue weighted by Crippen LogP contribution is 2.41. The number of aliphatic carboxylic acids is 1. The quantitative estimate of drug-likeness (QED) is 0.277. The first-order chi connectivity index (χ1) is 19.4. The van der Waals surface area contributed by atoms with Gasteiger partial charge in [0.1, 0.15) is 12.4 Å². The van der Waals surface area contributed by atoms with Crippen molar-refractivity contribution in [3.05, 3.63) is 111 Å². The summed E-state index contributed by atoms with van der Waals surface area (Å²) in [6.07, 6.45) is 14.2. The Bertz CT molecular complexity index is 1440. The number of thiazole rings is 1. The predicted molar refractivity (Wildman–Crippen MR) is 157 cm³/mol. The number of Topliss-reactive ketones (excluding diaryl/α,β-unsaturated/α-hetero) is 1. The molecule has 5 rings (SSSR count). The average molecular weight is 555 g/mol. The number of allylic oxidation sites excluding steroid dienone is 6. The second kappa shape index (κ2) is 12.6. The number of nitrogens with zero attached hydrogens (tertiary/aromatic N) is 2. The van der Waals surface area contributed by atoms with Gasteiger partial charge in [-0.2, -0.15) is 0 Å². The van der Waals surface area contributed by atoms with Crippen molar-refractivity contribution in [3.63, 3.8) is 0 Å². The smallest absolute Gasteiger partial charge is 0.304 e. The highest BCUT2D eigenvalue weighted by atomic mass is 32.1. The zero-order chi connectivity index (χ0) is 28.0. The number of carbonyl (C=O) groups is 2. The van der Waals surface area contributed by atoms with Crippen LogP contribution in [-0.2, 0) is 40.2 Å². The number of carboxylic acid groups (broad SMARTS) is 1. The molecule has 2 aromatic heterocycles. The minimum Gasteiger partial charge on any atom is -0.493 e. The number of carbonyl (C=O) groups excluding carboxylic acids is 1. The number of aromatic nitrogens is 2. The minimum atomic E-state index is -0.915. The highest BCUT2D eigenvalue weighted by Gasteiger charge is 2.44. The normalized spacial score (nSPS) is 20.1. The molecule has 0 spiro atoms. The van der Waals surface area contributed by atoms with Crippen LogP contribution in [0.25, 0.3) is 5.57 Å². The lowest BCUT2D eigenvalue weighted by Crippen LogP contribution is -2.34. The van der Waals surface area contributed by atoms with Gasteiger partial charge in [0.05, 0.1) is 22.9 Å². The maximum atomic E-state index is 13.4. The summed E-state index contributed by atoms with van der Waals surface area (Å²) >= 11 is 1.60. The average Bonchev–Trinajstić information content (AvgIpc) is 3.55. The van der Waals surface area contributed by atoms with E-state index in [4.69, 9.17) is 9.72 Å². The van der Waals surface area contributed by atoms with E-state index in [1.807, 2.05) is 42.5 Å². The van der Waals surface area contributed by atoms with Crippen molar-refractivity contribution >= 4 is 28.7 Å². The Morgan fingerprint density at radius 3 is 2.52 bits per heavy atom. The summed E-state index contributed by atoms with van der Waals surface area (Å²) in [6.45, 7) is 2.65. The Morgan fingerprint density at radius 2 is 1.80 bits per heavy atom. The van der Waals surface area contributed by atoms with Gasteiger partial charge in [0.25, 0.3) is 0 Å². The Kier molecular flexibility index (Phi) is 8.70. The molecule has 0 fully saturated rings. The summed E-state index contributed by atoms with van der Waals surface area (Å²) in [7, 11) is 0. The third-order valence-corrected chi connectivity index (χ3v) is 8.60. The Balaban J connectivity index is 1.21. The second-order valence-corrected chi connectivity index (χ2v) is 11.7. The third-order valence-electron chi connectivity index (χ3n) is 7.69. The molecule has 7 heteroatoms. The molecular formula is C33H34N2O4S. The van der Waals surface area contributed by atoms with Gasteiger partial charge in [-0.3, -0.25) is 14.6 Å². The number of benzene rings is 1. The van der Waals surface area contributed by atoms with Gasteiger partial charge < -0.3 is 9.84 Å². The molecule has 1 N–H and O–H groups in total. The van der Waals surface area contributed by atoms with Crippen molar-refractivity contribution in [2.75, 3.05) is 0 Å². The van der Waals surface area contributed by atoms with E-state index in [2.05, 4.69) is 29.4 Å². The standard InChI is InChI=1S/C33H34N2O4S/c1-23-9-11-28(39-21-24-13-15-34-16-14-24)12-10-25(17-23)29-22-40-31(35-29)8-4-7-30(36)33(20-32(37)38)18-26-5-2-3-6-27(26)19-33/h2-3,5-6,10,12-17,22H,4,7-9,11,18-21H2,1H3,(H,37,38)/b23-17+,25-10+,28-12+. The summed E-state index contributed by atoms with van der Waals surface area (Å²) in [5.41, 5.74) is 5.68. The summed E-state index contributed by atoms with van der Waals surface area (Å²) in [5, 5.41) is 12.6. The predicted octanol–water partition coefficient (Wildman–Crippen LogP) is 6.91. The molecular weight excluding hydrogens is 520 g/mol. The maximum Gasteiger partial charge on any atom is 0.304 e. The molecule has 0 atom stereocenters. The molecule has 2 heterocycles. The van der Waals surface area contributed by atoms with E-state index in [0.29, 0.717) is 38.7 Å². The van der Waals surface area contributed by atoms with Crippen LogP contribution in [0.15, 0.2) is 83.7 Å². The fraction of sp³-hybridized carbons (Fsp3) is 0.333. The number of hydrogen-bond donors (Lipinski definition) is 1. The van der Waals surface area contributed by atoms with Gasteiger partial charge in [-0.05, 0) is 80.0 Å². The molecule has 0 radical (unpaired) electrons. The van der Waals surface area contributed by atoms with E-state index < -0.39 is 11.4 Å². The lowest BCUT2D eigenvalue weighted by atomic mass is 9.75. The van der Waals surface area contributed by atoms with Crippen molar-refractivity contribution < 1.29 is 19.4 Å². The topological polar surface area (TPSA) is 89.4 Å². The molecule has 0 bridgehead atoms. The number of pyridine rings is 1. The number of carboxylic acids is 1. The number of aryl methyl sites for hydroxylation is 1. The van der Waals surface area contributed by atoms with Crippen molar-refractivity contribution in [2.24, 2.45) is 5.41 Å². The van der Waals surface area contributed by atoms with Gasteiger partial charge in [-0.15, -0.1) is 11.3 Å². The van der Waals surface area contributed by atoms with Crippen molar-refractivity contribution in [1.82, 2.24) is 9.97 Å². The van der Waals surface area contributed by atoms with Gasteiger partial charge in [0.15, 0.2) is 0 Å². The van der Waals surface area contributed by atoms with Crippen molar-refractivity contribution in [3.8, 4) is 0 Å². The van der Waals surface area contributed by atoms with Gasteiger partial charge in [-0.25, -0.2) is 4.98 Å². The number of rotatable bonds is 11. The maximum absolute atomic E-state index is 13.4. The van der Waals surface area contributed by atoms with Crippen LogP contribution in [0.2, 0.25) is 0 Å². The summed E-state index contributed by atoms with van der Waals surface area (Å²) in [4.78, 5) is 34.0. The van der Waals surface area contributed by atoms with E-state index >= 15 is 0 Å². The van der Waals surface area contributed by atoms with Crippen LogP contribution in [-0.4, -0.2) is 26.8 Å². The fourth-order valence-electron chi connectivity index (χ4n) is 5.53. The first-order valence-electron chi connectivity index (χ1n) is 13.8. The van der Waals surface area contributed by atoms with Crippen LogP contribution >= 0.6 is 11.3 Å². The molecule has 0 amide bonds. The van der Waals surface area contributed by atoms with Crippen LogP contribution in [0.1, 0.15) is 66.4 Å². The number of fused-ring (bicyclic) bond motifs is 1. The Hall–Kier alpha value is -3.84. The SMILES string of the molecule is C\C1=C/C(c2csc(CCCC(=O)C3(CC(=O)O)Cc4ccccc4C3)n2)=C\C=C(\OCc2ccncc2)CC1. The van der Waals surface area contributed by atoms with E-state index in [9.17, 15) is 14.7 Å². The summed E-state index contributed by atoms with van der Waals surface area (Å²) in [6, 6.07) is 11.8. The first-order valence-corrected chi connectivity index (χ1v) is 14.6. The number of ketones is 1. The highest BCUT2D eigenvalue weighted by molar-refractivity contribution is 7.09. The molecule has 1 aromatic carbocycles. The van der Waals surface area contributed by atoms with Gasteiger partial charge in [-0.1, -0.05) is 35.9 Å². The molecule has 2 aliphatic carbocycles. The molecule has 6 nitrogen and oxygen atoms in total. The summed E-state index contributed by atoms with van der Waals surface area (Å²) < 4.78 is 6.09. The van der Waals surface area contributed by atoms with Gasteiger partial charge in [0, 0.05) is 41.6 Å². The van der Waals surface area contributed by atoms with E-state index in [-0.39, 0.29) is 12.2 Å². The number of hydrogen-bond acceptors (Lipinski definition) is 6. The Labute approximate surface area is 239 Å². The molecule has 0 saturated carbocycles. The lowest BCUT2D eigenvalue weighted by molar-refractivity contribution is -0.144. The molecule has 0 aliphatic heterocycles. The van der Waals surface area contributed by atoms with E-state index in [0.717, 1.165) is 51.6 Å². The van der Waals surface area contributed by atoms with Crippen molar-refractivity contribution in [1.29, 1.82) is 0 Å². The third kappa shape index (κ3) is 6.83. The summed E-state index contributed by atoms with van der Waals surface area (Å²) in [5.74, 6) is 0.0789. The lowest BCUT2D eigenvalue weighted by Gasteiger charge is -2.25. The molecule has 40 heavy (non-hydrogen) atoms. The minimum absolute atomic E-state index is 0.0496. The van der Waals surface area contributed by atoms with Gasteiger partial charge >= 0.3 is 5.97 Å². The molecule has 3 aromatic rings.